The molecule has 1 aromatic heterocycles. The molecule has 1 aromatic rings. The van der Waals surface area contributed by atoms with Crippen LogP contribution >= 0.6 is 15.9 Å². The molecule has 0 bridgehead atoms. The topological polar surface area (TPSA) is 42.6 Å². The van der Waals surface area contributed by atoms with Crippen molar-refractivity contribution in [3.63, 3.8) is 0 Å². The largest absolute Gasteiger partial charge is 0.465 e. The monoisotopic (exact) mass is 260 g/mol. The average molecular weight is 261 g/mol. The number of furan rings is 1. The molecule has 1 N–H and O–H groups in total. The molecule has 3 nitrogen and oxygen atoms in total. The Balaban J connectivity index is 2.23. The van der Waals surface area contributed by atoms with E-state index in [4.69, 9.17) is 9.15 Å². The van der Waals surface area contributed by atoms with E-state index in [0.717, 1.165) is 17.3 Å². The zero-order chi connectivity index (χ0) is 10.2. The maximum Gasteiger partial charge on any atom is 0.149 e. The van der Waals surface area contributed by atoms with E-state index in [0.29, 0.717) is 12.4 Å². The highest BCUT2D eigenvalue weighted by Crippen LogP contribution is 2.39. The highest BCUT2D eigenvalue weighted by atomic mass is 79.9. The molecule has 2 heterocycles. The summed E-state index contributed by atoms with van der Waals surface area (Å²) in [6.45, 7) is 2.63. The van der Waals surface area contributed by atoms with E-state index in [2.05, 4.69) is 15.9 Å². The normalized spacial score (nSPS) is 29.4. The van der Waals surface area contributed by atoms with Crippen LogP contribution in [0.25, 0.3) is 0 Å². The maximum atomic E-state index is 10.1. The van der Waals surface area contributed by atoms with Crippen LogP contribution < -0.4 is 0 Å². The van der Waals surface area contributed by atoms with Crippen molar-refractivity contribution in [2.75, 3.05) is 6.61 Å². The van der Waals surface area contributed by atoms with Crippen LogP contribution in [0.4, 0.5) is 0 Å². The molecule has 0 spiro atoms. The third kappa shape index (κ3) is 1.62. The summed E-state index contributed by atoms with van der Waals surface area (Å²) in [6, 6.07) is 1.77. The Bertz CT molecular complexity index is 315. The van der Waals surface area contributed by atoms with Gasteiger partial charge >= 0.3 is 0 Å². The molecule has 78 valence electrons. The zero-order valence-electron chi connectivity index (χ0n) is 8.00. The summed E-state index contributed by atoms with van der Waals surface area (Å²) in [4.78, 5) is 0. The van der Waals surface area contributed by atoms with Gasteiger partial charge in [0.15, 0.2) is 0 Å². The molecule has 0 radical (unpaired) electrons. The predicted octanol–water partition coefficient (Wildman–Crippen LogP) is 2.64. The average Bonchev–Trinajstić information content (AvgIpc) is 2.74. The number of aliphatic hydroxyl groups is 1. The van der Waals surface area contributed by atoms with Gasteiger partial charge in [0.05, 0.1) is 16.3 Å². The maximum absolute atomic E-state index is 10.1. The molecule has 4 heteroatoms. The number of ether oxygens (including phenoxy) is 1. The fourth-order valence-corrected chi connectivity index (χ4v) is 2.21. The Kier molecular flexibility index (Phi) is 2.68. The summed E-state index contributed by atoms with van der Waals surface area (Å²) >= 11 is 3.33. The Labute approximate surface area is 91.2 Å². The van der Waals surface area contributed by atoms with Crippen LogP contribution in [0.3, 0.4) is 0 Å². The standard InChI is InChI=1S/C10H13BrO3/c1-10(4-2-5-14-10)9(12)8-7(11)3-6-13-8/h3,6,9,12H,2,4-5H2,1H3. The van der Waals surface area contributed by atoms with Gasteiger partial charge in [-0.25, -0.2) is 0 Å². The van der Waals surface area contributed by atoms with Crippen molar-refractivity contribution < 1.29 is 14.3 Å². The number of hydrogen-bond acceptors (Lipinski definition) is 3. The number of rotatable bonds is 2. The molecule has 1 fully saturated rings. The fourth-order valence-electron chi connectivity index (χ4n) is 1.79. The third-order valence-corrected chi connectivity index (χ3v) is 3.38. The smallest absolute Gasteiger partial charge is 0.149 e. The van der Waals surface area contributed by atoms with E-state index in [1.165, 1.54) is 0 Å². The van der Waals surface area contributed by atoms with Crippen LogP contribution in [-0.2, 0) is 4.74 Å². The predicted molar refractivity (Wildman–Crippen MR) is 55.0 cm³/mol. The summed E-state index contributed by atoms with van der Waals surface area (Å²) in [6.07, 6.45) is 2.71. The quantitative estimate of drug-likeness (QED) is 0.889. The summed E-state index contributed by atoms with van der Waals surface area (Å²) in [5.74, 6) is 0.550. The lowest BCUT2D eigenvalue weighted by Crippen LogP contribution is -2.31. The van der Waals surface area contributed by atoms with E-state index in [9.17, 15) is 5.11 Å². The second kappa shape index (κ2) is 3.68. The van der Waals surface area contributed by atoms with Crippen molar-refractivity contribution in [1.82, 2.24) is 0 Å². The molecule has 0 aromatic carbocycles. The van der Waals surface area contributed by atoms with Crippen LogP contribution in [0.15, 0.2) is 21.2 Å². The van der Waals surface area contributed by atoms with Crippen molar-refractivity contribution in [1.29, 1.82) is 0 Å². The molecule has 0 aliphatic carbocycles. The zero-order valence-corrected chi connectivity index (χ0v) is 9.58. The van der Waals surface area contributed by atoms with E-state index >= 15 is 0 Å². The first kappa shape index (κ1) is 10.2. The summed E-state index contributed by atoms with van der Waals surface area (Å²) in [7, 11) is 0. The molecule has 0 saturated carbocycles. The highest BCUT2D eigenvalue weighted by Gasteiger charge is 2.40. The number of aliphatic hydroxyl groups excluding tert-OH is 1. The minimum absolute atomic E-state index is 0.500. The van der Waals surface area contributed by atoms with Gasteiger partial charge in [-0.3, -0.25) is 0 Å². The van der Waals surface area contributed by atoms with Gasteiger partial charge in [-0.05, 0) is 41.8 Å². The van der Waals surface area contributed by atoms with Crippen molar-refractivity contribution in [3.05, 3.63) is 22.6 Å². The van der Waals surface area contributed by atoms with Crippen LogP contribution in [0.5, 0.6) is 0 Å². The van der Waals surface area contributed by atoms with E-state index in [1.54, 1.807) is 12.3 Å². The SMILES string of the molecule is CC1(C(O)c2occc2Br)CCCO1. The van der Waals surface area contributed by atoms with Crippen molar-refractivity contribution in [2.45, 2.75) is 31.5 Å². The van der Waals surface area contributed by atoms with Crippen LogP contribution in [0, 0.1) is 0 Å². The van der Waals surface area contributed by atoms with Gasteiger partial charge in [0.2, 0.25) is 0 Å². The highest BCUT2D eigenvalue weighted by molar-refractivity contribution is 9.10. The molecular formula is C10H13BrO3. The second-order valence-electron chi connectivity index (χ2n) is 3.80. The summed E-state index contributed by atoms with van der Waals surface area (Å²) < 4.78 is 11.6. The van der Waals surface area contributed by atoms with E-state index < -0.39 is 11.7 Å². The Morgan fingerprint density at radius 3 is 2.93 bits per heavy atom. The molecule has 2 unspecified atom stereocenters. The summed E-state index contributed by atoms with van der Waals surface area (Å²) in [5, 5.41) is 10.1. The fraction of sp³-hybridized carbons (Fsp3) is 0.600. The Hall–Kier alpha value is -0.320. The molecule has 1 aliphatic rings. The van der Waals surface area contributed by atoms with Crippen LogP contribution in [0.2, 0.25) is 0 Å². The Morgan fingerprint density at radius 2 is 2.43 bits per heavy atom. The van der Waals surface area contributed by atoms with Crippen molar-refractivity contribution in [2.24, 2.45) is 0 Å². The lowest BCUT2D eigenvalue weighted by molar-refractivity contribution is -0.0877. The second-order valence-corrected chi connectivity index (χ2v) is 4.65. The lowest BCUT2D eigenvalue weighted by atomic mass is 9.94. The van der Waals surface area contributed by atoms with Crippen molar-refractivity contribution >= 4 is 15.9 Å². The van der Waals surface area contributed by atoms with Crippen molar-refractivity contribution in [3.8, 4) is 0 Å². The third-order valence-electron chi connectivity index (χ3n) is 2.72. The first-order valence-electron chi connectivity index (χ1n) is 4.68. The molecular weight excluding hydrogens is 248 g/mol. The van der Waals surface area contributed by atoms with Crippen LogP contribution in [-0.4, -0.2) is 17.3 Å². The van der Waals surface area contributed by atoms with Gasteiger partial charge in [0.1, 0.15) is 11.9 Å². The molecule has 2 rings (SSSR count). The lowest BCUT2D eigenvalue weighted by Gasteiger charge is -2.27. The molecule has 2 atom stereocenters. The Morgan fingerprint density at radius 1 is 1.64 bits per heavy atom. The van der Waals surface area contributed by atoms with Crippen LogP contribution in [0.1, 0.15) is 31.6 Å². The van der Waals surface area contributed by atoms with Gasteiger partial charge in [0, 0.05) is 6.61 Å². The first-order chi connectivity index (χ1) is 6.63. The van der Waals surface area contributed by atoms with E-state index in [1.807, 2.05) is 6.92 Å². The number of hydrogen-bond donors (Lipinski definition) is 1. The molecule has 1 aliphatic heterocycles. The number of halogens is 1. The van der Waals surface area contributed by atoms with Gasteiger partial charge < -0.3 is 14.3 Å². The minimum Gasteiger partial charge on any atom is -0.465 e. The minimum atomic E-state index is -0.700. The van der Waals surface area contributed by atoms with Gasteiger partial charge in [-0.15, -0.1) is 0 Å². The van der Waals surface area contributed by atoms with Gasteiger partial charge in [0.25, 0.3) is 0 Å². The van der Waals surface area contributed by atoms with Gasteiger partial charge in [-0.2, -0.15) is 0 Å². The molecule has 0 amide bonds. The molecule has 14 heavy (non-hydrogen) atoms. The molecule has 1 saturated heterocycles. The van der Waals surface area contributed by atoms with E-state index in [-0.39, 0.29) is 0 Å². The first-order valence-corrected chi connectivity index (χ1v) is 5.48. The summed E-state index contributed by atoms with van der Waals surface area (Å²) in [5.41, 5.74) is -0.500. The van der Waals surface area contributed by atoms with Gasteiger partial charge in [-0.1, -0.05) is 0 Å².